The van der Waals surface area contributed by atoms with Gasteiger partial charge < -0.3 is 19.7 Å². The molecule has 0 aliphatic heterocycles. The lowest BCUT2D eigenvalue weighted by Gasteiger charge is -2.21. The van der Waals surface area contributed by atoms with E-state index in [9.17, 15) is 15.0 Å². The van der Waals surface area contributed by atoms with E-state index in [-0.39, 0.29) is 24.0 Å². The van der Waals surface area contributed by atoms with Crippen molar-refractivity contribution in [3.05, 3.63) is 85.8 Å². The van der Waals surface area contributed by atoms with Crippen molar-refractivity contribution in [2.45, 2.75) is 45.1 Å². The average molecular weight is 592 g/mol. The van der Waals surface area contributed by atoms with Crippen LogP contribution in [-0.2, 0) is 16.0 Å². The van der Waals surface area contributed by atoms with Crippen LogP contribution in [-0.4, -0.2) is 29.4 Å². The summed E-state index contributed by atoms with van der Waals surface area (Å²) in [4.78, 5) is 11.6. The summed E-state index contributed by atoms with van der Waals surface area (Å²) in [7, 11) is 1.24. The predicted octanol–water partition coefficient (Wildman–Crippen LogP) is 7.06. The van der Waals surface area contributed by atoms with Gasteiger partial charge in [0.25, 0.3) is 0 Å². The first-order valence-electron chi connectivity index (χ1n) is 11.0. The number of aliphatic hydroxyl groups excluding tert-OH is 1. The van der Waals surface area contributed by atoms with Crippen LogP contribution in [0.1, 0.15) is 54.9 Å². The minimum atomic E-state index is -1.25. The Hall–Kier alpha value is -2.35. The number of aromatic hydroxyl groups is 1. The van der Waals surface area contributed by atoms with E-state index in [1.807, 2.05) is 56.3 Å². The molecule has 0 spiro atoms. The van der Waals surface area contributed by atoms with Crippen molar-refractivity contribution in [2.24, 2.45) is 0 Å². The first kappa shape index (κ1) is 26.3. The molecule has 180 valence electrons. The van der Waals surface area contributed by atoms with Crippen LogP contribution in [0.5, 0.6) is 17.2 Å². The number of aliphatic hydroxyl groups is 1. The predicted molar refractivity (Wildman–Crippen MR) is 140 cm³/mol. The van der Waals surface area contributed by atoms with E-state index in [1.165, 1.54) is 7.11 Å². The fraction of sp³-hybridized carbons (Fsp3) is 0.296. The quantitative estimate of drug-likeness (QED) is 0.274. The Labute approximate surface area is 217 Å². The maximum Gasteiger partial charge on any atom is 0.335 e. The summed E-state index contributed by atoms with van der Waals surface area (Å²) in [6.07, 6.45) is -1.14. The highest BCUT2D eigenvalue weighted by Crippen LogP contribution is 2.43. The molecule has 7 heteroatoms. The Morgan fingerprint density at radius 3 is 2.12 bits per heavy atom. The van der Waals surface area contributed by atoms with Crippen molar-refractivity contribution in [3.63, 3.8) is 0 Å². The molecule has 0 heterocycles. The molecule has 0 bridgehead atoms. The third-order valence-corrected chi connectivity index (χ3v) is 6.89. The second kappa shape index (κ2) is 11.4. The topological polar surface area (TPSA) is 76.0 Å². The first-order valence-corrected chi connectivity index (χ1v) is 12.5. The highest BCUT2D eigenvalue weighted by Gasteiger charge is 2.21. The van der Waals surface area contributed by atoms with Crippen LogP contribution in [0.4, 0.5) is 0 Å². The molecule has 3 aromatic rings. The van der Waals surface area contributed by atoms with Crippen molar-refractivity contribution in [1.82, 2.24) is 0 Å². The largest absolute Gasteiger partial charge is 0.507 e. The van der Waals surface area contributed by atoms with Gasteiger partial charge in [-0.3, -0.25) is 0 Å². The zero-order valence-electron chi connectivity index (χ0n) is 19.5. The highest BCUT2D eigenvalue weighted by molar-refractivity contribution is 9.11. The van der Waals surface area contributed by atoms with E-state index >= 15 is 0 Å². The van der Waals surface area contributed by atoms with E-state index in [2.05, 4.69) is 43.5 Å². The summed E-state index contributed by atoms with van der Waals surface area (Å²) in [6.45, 7) is 6.12. The number of carbonyl (C=O) groups excluding carboxylic acids is 1. The van der Waals surface area contributed by atoms with Crippen molar-refractivity contribution in [3.8, 4) is 17.2 Å². The van der Waals surface area contributed by atoms with Crippen LogP contribution >= 0.6 is 31.9 Å². The standard InChI is InChI=1S/C27H28Br2O5/c1-15(2)20-13-19(14-21(25(20)31)16(3)18-8-6-5-7-9-18)34-26-22(28)10-17(11-23(26)29)12-24(30)27(32)33-4/h5-11,13-16,24,30-31H,12H2,1-4H3. The Kier molecular flexibility index (Phi) is 8.79. The van der Waals surface area contributed by atoms with E-state index < -0.39 is 12.1 Å². The van der Waals surface area contributed by atoms with E-state index in [4.69, 9.17) is 4.74 Å². The maximum atomic E-state index is 11.6. The van der Waals surface area contributed by atoms with Crippen LogP contribution in [0.3, 0.4) is 0 Å². The van der Waals surface area contributed by atoms with Gasteiger partial charge in [-0.05, 0) is 73.2 Å². The van der Waals surface area contributed by atoms with Crippen molar-refractivity contribution in [1.29, 1.82) is 0 Å². The molecule has 5 nitrogen and oxygen atoms in total. The number of halogens is 2. The van der Waals surface area contributed by atoms with Gasteiger partial charge in [0.1, 0.15) is 11.5 Å². The number of carbonyl (C=O) groups is 1. The summed E-state index contributed by atoms with van der Waals surface area (Å²) < 4.78 is 12.2. The van der Waals surface area contributed by atoms with Gasteiger partial charge in [-0.2, -0.15) is 0 Å². The average Bonchev–Trinajstić information content (AvgIpc) is 2.81. The molecule has 3 aromatic carbocycles. The van der Waals surface area contributed by atoms with Gasteiger partial charge in [-0.25, -0.2) is 4.79 Å². The second-order valence-electron chi connectivity index (χ2n) is 8.47. The van der Waals surface area contributed by atoms with Crippen LogP contribution in [0.25, 0.3) is 0 Å². The molecule has 0 fully saturated rings. The smallest absolute Gasteiger partial charge is 0.335 e. The lowest BCUT2D eigenvalue weighted by atomic mass is 9.88. The maximum absolute atomic E-state index is 11.6. The lowest BCUT2D eigenvalue weighted by molar-refractivity contribution is -0.150. The number of hydrogen-bond acceptors (Lipinski definition) is 5. The number of methoxy groups -OCH3 is 1. The summed E-state index contributed by atoms with van der Waals surface area (Å²) in [6, 6.07) is 17.3. The van der Waals surface area contributed by atoms with E-state index in [0.717, 1.165) is 22.3 Å². The molecular weight excluding hydrogens is 564 g/mol. The highest BCUT2D eigenvalue weighted by atomic mass is 79.9. The number of esters is 1. The van der Waals surface area contributed by atoms with Gasteiger partial charge >= 0.3 is 5.97 Å². The molecule has 2 atom stereocenters. The molecule has 0 amide bonds. The van der Waals surface area contributed by atoms with Gasteiger partial charge in [-0.1, -0.05) is 51.1 Å². The third kappa shape index (κ3) is 6.01. The SMILES string of the molecule is COC(=O)C(O)Cc1cc(Br)c(Oc2cc(C(C)C)c(O)c(C(C)c3ccccc3)c2)c(Br)c1. The van der Waals surface area contributed by atoms with Crippen molar-refractivity contribution in [2.75, 3.05) is 7.11 Å². The second-order valence-corrected chi connectivity index (χ2v) is 10.2. The van der Waals surface area contributed by atoms with Crippen molar-refractivity contribution < 1.29 is 24.5 Å². The lowest BCUT2D eigenvalue weighted by Crippen LogP contribution is -2.24. The zero-order chi connectivity index (χ0) is 25.0. The molecule has 3 rings (SSSR count). The van der Waals surface area contributed by atoms with Crippen LogP contribution in [0.2, 0.25) is 0 Å². The molecule has 0 aliphatic carbocycles. The molecule has 0 radical (unpaired) electrons. The molecular formula is C27H28Br2O5. The number of benzene rings is 3. The summed E-state index contributed by atoms with van der Waals surface area (Å²) >= 11 is 7.09. The number of phenols is 1. The Balaban J connectivity index is 1.97. The van der Waals surface area contributed by atoms with Crippen LogP contribution in [0.15, 0.2) is 63.5 Å². The summed E-state index contributed by atoms with van der Waals surface area (Å²) in [5.74, 6) is 0.815. The molecule has 34 heavy (non-hydrogen) atoms. The van der Waals surface area contributed by atoms with Crippen molar-refractivity contribution >= 4 is 37.8 Å². The number of ether oxygens (including phenoxy) is 2. The fourth-order valence-electron chi connectivity index (χ4n) is 3.79. The molecule has 0 saturated heterocycles. The van der Waals surface area contributed by atoms with Crippen LogP contribution in [0, 0.1) is 0 Å². The third-order valence-electron chi connectivity index (χ3n) is 5.71. The Bertz CT molecular complexity index is 1140. The molecule has 2 unspecified atom stereocenters. The van der Waals surface area contributed by atoms with Gasteiger partial charge in [0.15, 0.2) is 11.9 Å². The minimum absolute atomic E-state index is 0.0312. The Morgan fingerprint density at radius 2 is 1.56 bits per heavy atom. The first-order chi connectivity index (χ1) is 16.1. The summed E-state index contributed by atoms with van der Waals surface area (Å²) in [5, 5.41) is 21.0. The Morgan fingerprint density at radius 1 is 0.971 bits per heavy atom. The van der Waals surface area contributed by atoms with Gasteiger partial charge in [0, 0.05) is 23.5 Å². The summed E-state index contributed by atoms with van der Waals surface area (Å²) in [5.41, 5.74) is 3.43. The zero-order valence-corrected chi connectivity index (χ0v) is 22.7. The van der Waals surface area contributed by atoms with Gasteiger partial charge in [-0.15, -0.1) is 0 Å². The van der Waals surface area contributed by atoms with E-state index in [0.29, 0.717) is 20.4 Å². The molecule has 0 saturated carbocycles. The number of hydrogen-bond donors (Lipinski definition) is 2. The molecule has 0 aromatic heterocycles. The van der Waals surface area contributed by atoms with Crippen LogP contribution < -0.4 is 4.74 Å². The fourth-order valence-corrected chi connectivity index (χ4v) is 5.23. The normalized spacial score (nSPS) is 12.9. The molecule has 2 N–H and O–H groups in total. The number of rotatable bonds is 8. The van der Waals surface area contributed by atoms with E-state index in [1.54, 1.807) is 12.1 Å². The monoisotopic (exact) mass is 590 g/mol. The van der Waals surface area contributed by atoms with Gasteiger partial charge in [0.2, 0.25) is 0 Å². The molecule has 0 aliphatic rings. The number of phenolic OH excluding ortho intramolecular Hbond substituents is 1. The minimum Gasteiger partial charge on any atom is -0.507 e. The van der Waals surface area contributed by atoms with Gasteiger partial charge in [0.05, 0.1) is 16.1 Å².